The molecule has 1 aliphatic carbocycles. The summed E-state index contributed by atoms with van der Waals surface area (Å²) in [6.07, 6.45) is 5.09. The Morgan fingerprint density at radius 2 is 1.96 bits per heavy atom. The monoisotopic (exact) mass is 379 g/mol. The zero-order valence-electron chi connectivity index (χ0n) is 17.9. The molecule has 0 bridgehead atoms. The van der Waals surface area contributed by atoms with E-state index in [1.54, 1.807) is 0 Å². The molecule has 2 rings (SSSR count). The lowest BCUT2D eigenvalue weighted by molar-refractivity contribution is -0.141. The van der Waals surface area contributed by atoms with Gasteiger partial charge < -0.3 is 10.2 Å². The summed E-state index contributed by atoms with van der Waals surface area (Å²) in [4.78, 5) is 41.7. The van der Waals surface area contributed by atoms with Gasteiger partial charge in [-0.15, -0.1) is 0 Å². The fraction of sp³-hybridized carbons (Fsp3) is 0.857. The standard InChI is InChI=1S/C21H37N3O3/c1-7-9-10-23(16(4)8-2)17(25)13-24-18(26)21(22-19(24)27)12-15(3)11-20(5,6)14-21/h15-16H,7-14H2,1-6H3,(H,22,27). The molecule has 4 amide bonds. The van der Waals surface area contributed by atoms with Crippen LogP contribution >= 0.6 is 0 Å². The van der Waals surface area contributed by atoms with Crippen LogP contribution in [0, 0.1) is 11.3 Å². The lowest BCUT2D eigenvalue weighted by atomic mass is 9.64. The largest absolute Gasteiger partial charge is 0.338 e. The normalized spacial score (nSPS) is 28.4. The van der Waals surface area contributed by atoms with Gasteiger partial charge in [0.25, 0.3) is 5.91 Å². The van der Waals surface area contributed by atoms with E-state index in [0.29, 0.717) is 25.3 Å². The van der Waals surface area contributed by atoms with Crippen LogP contribution in [0.3, 0.4) is 0 Å². The summed E-state index contributed by atoms with van der Waals surface area (Å²) in [5.74, 6) is -0.00338. The van der Waals surface area contributed by atoms with E-state index in [-0.39, 0.29) is 29.8 Å². The zero-order valence-corrected chi connectivity index (χ0v) is 17.9. The first-order valence-electron chi connectivity index (χ1n) is 10.5. The molecular weight excluding hydrogens is 342 g/mol. The topological polar surface area (TPSA) is 69.7 Å². The molecule has 3 unspecified atom stereocenters. The van der Waals surface area contributed by atoms with Crippen LogP contribution in [0.1, 0.15) is 80.1 Å². The third-order valence-electron chi connectivity index (χ3n) is 6.11. The predicted octanol–water partition coefficient (Wildman–Crippen LogP) is 3.55. The van der Waals surface area contributed by atoms with Gasteiger partial charge in [-0.05, 0) is 50.4 Å². The highest BCUT2D eigenvalue weighted by atomic mass is 16.2. The average molecular weight is 380 g/mol. The molecule has 1 spiro atoms. The van der Waals surface area contributed by atoms with E-state index < -0.39 is 11.6 Å². The molecule has 6 nitrogen and oxygen atoms in total. The number of nitrogens with one attached hydrogen (secondary N) is 1. The number of hydrogen-bond acceptors (Lipinski definition) is 3. The second-order valence-electron chi connectivity index (χ2n) is 9.46. The van der Waals surface area contributed by atoms with Gasteiger partial charge in [0.2, 0.25) is 5.91 Å². The molecule has 1 heterocycles. The molecule has 1 saturated heterocycles. The van der Waals surface area contributed by atoms with Crippen LogP contribution < -0.4 is 5.32 Å². The van der Waals surface area contributed by atoms with E-state index in [0.717, 1.165) is 30.6 Å². The van der Waals surface area contributed by atoms with Crippen molar-refractivity contribution < 1.29 is 14.4 Å². The summed E-state index contributed by atoms with van der Waals surface area (Å²) in [5.41, 5.74) is -0.854. The van der Waals surface area contributed by atoms with Crippen LogP contribution in [0.2, 0.25) is 0 Å². The number of carbonyl (C=O) groups is 3. The number of unbranched alkanes of at least 4 members (excludes halogenated alkanes) is 1. The third kappa shape index (κ3) is 4.64. The number of urea groups is 1. The lowest BCUT2D eigenvalue weighted by Crippen LogP contribution is -2.54. The van der Waals surface area contributed by atoms with Crippen molar-refractivity contribution in [2.24, 2.45) is 11.3 Å². The SMILES string of the molecule is CCCCN(C(=O)CN1C(=O)NC2(CC(C)CC(C)(C)C2)C1=O)C(C)CC. The Balaban J connectivity index is 2.15. The zero-order chi connectivity index (χ0) is 20.4. The van der Waals surface area contributed by atoms with Gasteiger partial charge >= 0.3 is 6.03 Å². The summed E-state index contributed by atoms with van der Waals surface area (Å²) in [5, 5.41) is 2.95. The smallest absolute Gasteiger partial charge is 0.325 e. The molecule has 0 aromatic carbocycles. The van der Waals surface area contributed by atoms with Gasteiger partial charge in [-0.2, -0.15) is 0 Å². The molecule has 3 atom stereocenters. The van der Waals surface area contributed by atoms with Crippen LogP contribution in [-0.4, -0.2) is 52.3 Å². The van der Waals surface area contributed by atoms with Crippen molar-refractivity contribution in [3.63, 3.8) is 0 Å². The summed E-state index contributed by atoms with van der Waals surface area (Å²) in [6.45, 7) is 13.1. The Kier molecular flexibility index (Phi) is 6.59. The Bertz CT molecular complexity index is 589. The molecule has 1 aliphatic heterocycles. The number of hydrogen-bond donors (Lipinski definition) is 1. The van der Waals surface area contributed by atoms with Crippen molar-refractivity contribution >= 4 is 17.8 Å². The molecule has 6 heteroatoms. The minimum Gasteiger partial charge on any atom is -0.338 e. The molecule has 0 aromatic heterocycles. The number of amides is 4. The highest BCUT2D eigenvalue weighted by Crippen LogP contribution is 2.46. The first-order valence-corrected chi connectivity index (χ1v) is 10.5. The van der Waals surface area contributed by atoms with Crippen LogP contribution in [0.4, 0.5) is 4.79 Å². The van der Waals surface area contributed by atoms with Gasteiger partial charge in [0.15, 0.2) is 0 Å². The molecule has 0 radical (unpaired) electrons. The molecule has 2 aliphatic rings. The summed E-state index contributed by atoms with van der Waals surface area (Å²) in [7, 11) is 0. The number of nitrogens with zero attached hydrogens (tertiary/aromatic N) is 2. The van der Waals surface area contributed by atoms with Crippen LogP contribution in [-0.2, 0) is 9.59 Å². The minimum absolute atomic E-state index is 0.00941. The van der Waals surface area contributed by atoms with E-state index >= 15 is 0 Å². The molecule has 154 valence electrons. The van der Waals surface area contributed by atoms with E-state index in [1.165, 1.54) is 0 Å². The maximum atomic E-state index is 13.2. The maximum Gasteiger partial charge on any atom is 0.325 e. The number of imide groups is 1. The van der Waals surface area contributed by atoms with Gasteiger partial charge in [0.05, 0.1) is 0 Å². The molecule has 2 fully saturated rings. The minimum atomic E-state index is -0.844. The fourth-order valence-electron chi connectivity index (χ4n) is 5.02. The molecule has 27 heavy (non-hydrogen) atoms. The fourth-order valence-corrected chi connectivity index (χ4v) is 5.02. The average Bonchev–Trinajstić information content (AvgIpc) is 2.76. The second-order valence-corrected chi connectivity index (χ2v) is 9.46. The van der Waals surface area contributed by atoms with Crippen molar-refractivity contribution in [2.45, 2.75) is 91.6 Å². The van der Waals surface area contributed by atoms with Gasteiger partial charge in [-0.3, -0.25) is 14.5 Å². The van der Waals surface area contributed by atoms with Crippen molar-refractivity contribution in [1.82, 2.24) is 15.1 Å². The van der Waals surface area contributed by atoms with Crippen LogP contribution in [0.5, 0.6) is 0 Å². The van der Waals surface area contributed by atoms with E-state index in [2.05, 4.69) is 33.0 Å². The highest BCUT2D eigenvalue weighted by molar-refractivity contribution is 6.09. The number of carbonyl (C=O) groups excluding carboxylic acids is 3. The summed E-state index contributed by atoms with van der Waals surface area (Å²) < 4.78 is 0. The highest BCUT2D eigenvalue weighted by Gasteiger charge is 2.56. The van der Waals surface area contributed by atoms with Crippen LogP contribution in [0.15, 0.2) is 0 Å². The lowest BCUT2D eigenvalue weighted by Gasteiger charge is -2.43. The van der Waals surface area contributed by atoms with Crippen molar-refractivity contribution in [3.8, 4) is 0 Å². The molecule has 0 aromatic rings. The molecular formula is C21H37N3O3. The van der Waals surface area contributed by atoms with E-state index in [4.69, 9.17) is 0 Å². The van der Waals surface area contributed by atoms with Gasteiger partial charge in [-0.1, -0.05) is 41.0 Å². The Labute approximate surface area is 164 Å². The van der Waals surface area contributed by atoms with Gasteiger partial charge in [-0.25, -0.2) is 4.79 Å². The van der Waals surface area contributed by atoms with E-state index in [9.17, 15) is 14.4 Å². The summed E-state index contributed by atoms with van der Waals surface area (Å²) >= 11 is 0. The van der Waals surface area contributed by atoms with E-state index in [1.807, 2.05) is 18.7 Å². The van der Waals surface area contributed by atoms with Crippen molar-refractivity contribution in [1.29, 1.82) is 0 Å². The van der Waals surface area contributed by atoms with Crippen LogP contribution in [0.25, 0.3) is 0 Å². The Morgan fingerprint density at radius 3 is 2.52 bits per heavy atom. The molecule has 1 saturated carbocycles. The third-order valence-corrected chi connectivity index (χ3v) is 6.11. The van der Waals surface area contributed by atoms with Crippen molar-refractivity contribution in [2.75, 3.05) is 13.1 Å². The summed E-state index contributed by atoms with van der Waals surface area (Å²) in [6, 6.07) is -0.315. The second kappa shape index (κ2) is 8.19. The first-order chi connectivity index (χ1) is 12.5. The molecule has 1 N–H and O–H groups in total. The maximum absolute atomic E-state index is 13.2. The Hall–Kier alpha value is -1.59. The predicted molar refractivity (Wildman–Crippen MR) is 106 cm³/mol. The van der Waals surface area contributed by atoms with Crippen molar-refractivity contribution in [3.05, 3.63) is 0 Å². The van der Waals surface area contributed by atoms with Gasteiger partial charge in [0.1, 0.15) is 12.1 Å². The quantitative estimate of drug-likeness (QED) is 0.688. The number of rotatable bonds is 7. The first kappa shape index (κ1) is 21.7. The van der Waals surface area contributed by atoms with Gasteiger partial charge in [0, 0.05) is 12.6 Å². The Morgan fingerprint density at radius 1 is 1.30 bits per heavy atom.